The maximum absolute atomic E-state index is 12.9. The molecular formula is C12H14FNO2. The van der Waals surface area contributed by atoms with E-state index in [9.17, 15) is 9.18 Å². The zero-order valence-electron chi connectivity index (χ0n) is 9.09. The van der Waals surface area contributed by atoms with Gasteiger partial charge < -0.3 is 10.4 Å². The van der Waals surface area contributed by atoms with Crippen LogP contribution in [0.15, 0.2) is 18.2 Å². The van der Waals surface area contributed by atoms with Crippen molar-refractivity contribution in [2.75, 3.05) is 11.9 Å². The van der Waals surface area contributed by atoms with E-state index in [1.54, 1.807) is 0 Å². The van der Waals surface area contributed by atoms with Gasteiger partial charge in [-0.3, -0.25) is 0 Å². The van der Waals surface area contributed by atoms with E-state index in [4.69, 9.17) is 5.11 Å². The number of hydrogen-bond donors (Lipinski definition) is 2. The highest BCUT2D eigenvalue weighted by atomic mass is 19.1. The highest BCUT2D eigenvalue weighted by Gasteiger charge is 2.36. The van der Waals surface area contributed by atoms with Gasteiger partial charge in [-0.25, -0.2) is 9.18 Å². The molecule has 1 aliphatic carbocycles. The van der Waals surface area contributed by atoms with Crippen molar-refractivity contribution in [1.82, 2.24) is 0 Å². The number of anilines is 1. The third-order valence-electron chi connectivity index (χ3n) is 3.02. The van der Waals surface area contributed by atoms with E-state index >= 15 is 0 Å². The summed E-state index contributed by atoms with van der Waals surface area (Å²) in [6.45, 7) is 2.88. The molecule has 0 unspecified atom stereocenters. The van der Waals surface area contributed by atoms with Crippen molar-refractivity contribution in [2.45, 2.75) is 19.8 Å². The predicted molar refractivity (Wildman–Crippen MR) is 59.2 cm³/mol. The lowest BCUT2D eigenvalue weighted by Gasteiger charge is -2.13. The maximum Gasteiger partial charge on any atom is 0.337 e. The summed E-state index contributed by atoms with van der Waals surface area (Å²) < 4.78 is 12.9. The molecule has 0 amide bonds. The maximum atomic E-state index is 12.9. The molecule has 1 saturated carbocycles. The molecular weight excluding hydrogens is 209 g/mol. The van der Waals surface area contributed by atoms with Crippen LogP contribution in [0.5, 0.6) is 0 Å². The summed E-state index contributed by atoms with van der Waals surface area (Å²) in [7, 11) is 0. The molecule has 0 aliphatic heterocycles. The van der Waals surface area contributed by atoms with Crippen LogP contribution >= 0.6 is 0 Å². The minimum atomic E-state index is -1.11. The Bertz CT molecular complexity index is 427. The van der Waals surface area contributed by atoms with Gasteiger partial charge in [0.1, 0.15) is 5.82 Å². The number of carboxylic acid groups (broad SMARTS) is 1. The number of hydrogen-bond acceptors (Lipinski definition) is 2. The van der Waals surface area contributed by atoms with Gasteiger partial charge in [-0.1, -0.05) is 6.92 Å². The van der Waals surface area contributed by atoms with Gasteiger partial charge in [0.25, 0.3) is 0 Å². The summed E-state index contributed by atoms with van der Waals surface area (Å²) in [6, 6.07) is 3.79. The molecule has 1 aromatic carbocycles. The number of aromatic carboxylic acids is 1. The summed E-state index contributed by atoms with van der Waals surface area (Å²) in [4.78, 5) is 10.9. The summed E-state index contributed by atoms with van der Waals surface area (Å²) in [5.41, 5.74) is 0.760. The van der Waals surface area contributed by atoms with Crippen molar-refractivity contribution in [1.29, 1.82) is 0 Å². The molecule has 1 aromatic rings. The molecule has 0 heterocycles. The van der Waals surface area contributed by atoms with E-state index in [0.29, 0.717) is 5.69 Å². The Morgan fingerprint density at radius 1 is 1.56 bits per heavy atom. The Hall–Kier alpha value is -1.58. The second kappa shape index (κ2) is 3.77. The number of carboxylic acids is 1. The lowest BCUT2D eigenvalue weighted by Crippen LogP contribution is -2.14. The Morgan fingerprint density at radius 3 is 2.81 bits per heavy atom. The van der Waals surface area contributed by atoms with E-state index in [1.807, 2.05) is 0 Å². The molecule has 16 heavy (non-hydrogen) atoms. The van der Waals surface area contributed by atoms with Crippen LogP contribution in [0.1, 0.15) is 30.1 Å². The average Bonchev–Trinajstić information content (AvgIpc) is 2.95. The lowest BCUT2D eigenvalue weighted by atomic mass is 10.1. The fourth-order valence-electron chi connectivity index (χ4n) is 1.55. The minimum absolute atomic E-state index is 0.00995. The average molecular weight is 223 g/mol. The van der Waals surface area contributed by atoms with Crippen LogP contribution in [0, 0.1) is 11.2 Å². The summed E-state index contributed by atoms with van der Waals surface area (Å²) in [6.07, 6.45) is 2.31. The van der Waals surface area contributed by atoms with Crippen molar-refractivity contribution in [3.63, 3.8) is 0 Å². The molecule has 0 spiro atoms. The van der Waals surface area contributed by atoms with Crippen LogP contribution < -0.4 is 5.32 Å². The third kappa shape index (κ3) is 2.32. The van der Waals surface area contributed by atoms with E-state index < -0.39 is 11.8 Å². The van der Waals surface area contributed by atoms with Crippen LogP contribution in [-0.4, -0.2) is 17.6 Å². The molecule has 86 valence electrons. The molecule has 1 aliphatic rings. The van der Waals surface area contributed by atoms with Gasteiger partial charge in [0.15, 0.2) is 0 Å². The number of nitrogens with one attached hydrogen (secondary N) is 1. The first-order valence-electron chi connectivity index (χ1n) is 5.27. The molecule has 2 rings (SSSR count). The summed E-state index contributed by atoms with van der Waals surface area (Å²) in [5, 5.41) is 12.0. The first-order chi connectivity index (χ1) is 7.50. The Labute approximate surface area is 93.3 Å². The van der Waals surface area contributed by atoms with Crippen molar-refractivity contribution >= 4 is 11.7 Å². The van der Waals surface area contributed by atoms with E-state index in [0.717, 1.165) is 25.5 Å². The summed E-state index contributed by atoms with van der Waals surface area (Å²) >= 11 is 0. The van der Waals surface area contributed by atoms with Gasteiger partial charge >= 0.3 is 5.97 Å². The molecule has 3 nitrogen and oxygen atoms in total. The second-order valence-electron chi connectivity index (χ2n) is 4.66. The van der Waals surface area contributed by atoms with Crippen molar-refractivity contribution < 1.29 is 14.3 Å². The highest BCUT2D eigenvalue weighted by Crippen LogP contribution is 2.44. The normalized spacial score (nSPS) is 16.9. The number of halogens is 1. The van der Waals surface area contributed by atoms with Gasteiger partial charge in [-0.2, -0.15) is 0 Å². The second-order valence-corrected chi connectivity index (χ2v) is 4.66. The Morgan fingerprint density at radius 2 is 2.25 bits per heavy atom. The fraction of sp³-hybridized carbons (Fsp3) is 0.417. The van der Waals surface area contributed by atoms with Crippen molar-refractivity contribution in [2.24, 2.45) is 5.41 Å². The number of benzene rings is 1. The van der Waals surface area contributed by atoms with E-state index in [-0.39, 0.29) is 11.0 Å². The SMILES string of the molecule is CC1(CNc2ccc(F)cc2C(=O)O)CC1. The molecule has 4 heteroatoms. The number of rotatable bonds is 4. The number of carbonyl (C=O) groups is 1. The predicted octanol–water partition coefficient (Wildman–Crippen LogP) is 2.74. The topological polar surface area (TPSA) is 49.3 Å². The first-order valence-corrected chi connectivity index (χ1v) is 5.27. The van der Waals surface area contributed by atoms with Crippen LogP contribution in [0.2, 0.25) is 0 Å². The molecule has 0 saturated heterocycles. The molecule has 0 bridgehead atoms. The van der Waals surface area contributed by atoms with Crippen LogP contribution in [0.3, 0.4) is 0 Å². The van der Waals surface area contributed by atoms with E-state index in [1.165, 1.54) is 12.1 Å². The van der Waals surface area contributed by atoms with E-state index in [2.05, 4.69) is 12.2 Å². The summed E-state index contributed by atoms with van der Waals surface area (Å²) in [5.74, 6) is -1.64. The quantitative estimate of drug-likeness (QED) is 0.825. The molecule has 0 radical (unpaired) electrons. The lowest BCUT2D eigenvalue weighted by molar-refractivity contribution is 0.0697. The van der Waals surface area contributed by atoms with Gasteiger partial charge in [-0.05, 0) is 36.5 Å². The van der Waals surface area contributed by atoms with Crippen molar-refractivity contribution in [3.05, 3.63) is 29.6 Å². The third-order valence-corrected chi connectivity index (χ3v) is 3.02. The Balaban J connectivity index is 2.15. The van der Waals surface area contributed by atoms with Crippen molar-refractivity contribution in [3.8, 4) is 0 Å². The van der Waals surface area contributed by atoms with Crippen LogP contribution in [0.25, 0.3) is 0 Å². The molecule has 0 aromatic heterocycles. The monoisotopic (exact) mass is 223 g/mol. The largest absolute Gasteiger partial charge is 0.478 e. The standard InChI is InChI=1S/C12H14FNO2/c1-12(4-5-12)7-14-10-3-2-8(13)6-9(10)11(15)16/h2-3,6,14H,4-5,7H2,1H3,(H,15,16). The van der Waals surface area contributed by atoms with Gasteiger partial charge in [-0.15, -0.1) is 0 Å². The van der Waals surface area contributed by atoms with Gasteiger partial charge in [0, 0.05) is 12.2 Å². The fourth-order valence-corrected chi connectivity index (χ4v) is 1.55. The van der Waals surface area contributed by atoms with Crippen LogP contribution in [-0.2, 0) is 0 Å². The molecule has 2 N–H and O–H groups in total. The zero-order chi connectivity index (χ0) is 11.8. The van der Waals surface area contributed by atoms with Gasteiger partial charge in [0.05, 0.1) is 5.56 Å². The highest BCUT2D eigenvalue weighted by molar-refractivity contribution is 5.94. The van der Waals surface area contributed by atoms with Crippen LogP contribution in [0.4, 0.5) is 10.1 Å². The van der Waals surface area contributed by atoms with Gasteiger partial charge in [0.2, 0.25) is 0 Å². The minimum Gasteiger partial charge on any atom is -0.478 e. The zero-order valence-corrected chi connectivity index (χ0v) is 9.09. The molecule has 1 fully saturated rings. The molecule has 0 atom stereocenters. The first kappa shape index (κ1) is 10.9. The Kier molecular flexibility index (Phi) is 2.58. The smallest absolute Gasteiger partial charge is 0.337 e.